The van der Waals surface area contributed by atoms with Gasteiger partial charge >= 0.3 is 17.9 Å². The fourth-order valence-corrected chi connectivity index (χ4v) is 15.9. The Balaban J connectivity index is 1.18. The van der Waals surface area contributed by atoms with Crippen molar-refractivity contribution in [3.8, 4) is 5.75 Å². The third-order valence-electron chi connectivity index (χ3n) is 17.3. The van der Waals surface area contributed by atoms with Gasteiger partial charge in [0.2, 0.25) is 12.1 Å². The molecule has 1 amide bonds. The molecule has 4 aromatic rings. The number of thioether (sulfide) groups is 1. The van der Waals surface area contributed by atoms with Crippen molar-refractivity contribution in [1.82, 2.24) is 14.8 Å². The second kappa shape index (κ2) is 16.3. The monoisotopic (exact) mass is 978 g/mol. The number of carbonyl (C=O) groups is 4. The maximum Gasteiger partial charge on any atom is 0.347 e. The maximum atomic E-state index is 15.7. The van der Waals surface area contributed by atoms with E-state index in [1.807, 2.05) is 44.2 Å². The van der Waals surface area contributed by atoms with E-state index in [9.17, 15) is 19.5 Å². The third kappa shape index (κ3) is 6.06. The first-order chi connectivity index (χ1) is 33.2. The zero-order chi connectivity index (χ0) is 48.5. The molecule has 1 aromatic heterocycles. The van der Waals surface area contributed by atoms with Crippen LogP contribution in [0.2, 0.25) is 5.02 Å². The van der Waals surface area contributed by atoms with Crippen molar-refractivity contribution in [1.29, 1.82) is 0 Å². The van der Waals surface area contributed by atoms with E-state index in [1.165, 1.54) is 26.0 Å². The largest absolute Gasteiger partial charge is 0.496 e. The molecule has 2 spiro atoms. The second-order valence-corrected chi connectivity index (χ2v) is 21.8. The van der Waals surface area contributed by atoms with Gasteiger partial charge < -0.3 is 33.8 Å². The average Bonchev–Trinajstić information content (AvgIpc) is 3.56. The van der Waals surface area contributed by atoms with Crippen LogP contribution in [0.3, 0.4) is 0 Å². The first-order valence-electron chi connectivity index (χ1n) is 24.1. The lowest BCUT2D eigenvalue weighted by molar-refractivity contribution is -0.178. The molecule has 1 saturated carbocycles. The Labute approximate surface area is 410 Å². The number of carbonyl (C=O) groups excluding carboxylic acids is 4. The molecule has 11 rings (SSSR count). The van der Waals surface area contributed by atoms with Gasteiger partial charge in [-0.15, -0.1) is 11.8 Å². The number of nitrogens with zero attached hydrogens (tertiary/aromatic N) is 3. The topological polar surface area (TPSA) is 163 Å². The molecular formula is C53H59ClN4O10S. The number of esters is 3. The number of nitrogens with one attached hydrogen (secondary N) is 1. The van der Waals surface area contributed by atoms with Gasteiger partial charge in [-0.25, -0.2) is 4.79 Å². The number of methoxy groups -OCH3 is 3. The van der Waals surface area contributed by atoms with Crippen LogP contribution in [0.1, 0.15) is 80.8 Å². The molecule has 1 unspecified atom stereocenters. The number of piperidine rings is 1. The first kappa shape index (κ1) is 46.5. The summed E-state index contributed by atoms with van der Waals surface area (Å²) in [5.41, 5.74) is -2.95. The van der Waals surface area contributed by atoms with Crippen molar-refractivity contribution in [2.45, 2.75) is 110 Å². The number of epoxide rings is 1. The Hall–Kier alpha value is -4.90. The number of hydrogen-bond acceptors (Lipinski definition) is 13. The molecule has 2 N–H and O–H groups in total. The second-order valence-electron chi connectivity index (χ2n) is 20.3. The summed E-state index contributed by atoms with van der Waals surface area (Å²) in [7, 11) is 4.25. The van der Waals surface area contributed by atoms with Crippen LogP contribution in [-0.2, 0) is 61.1 Å². The number of rotatable bonds is 11. The van der Waals surface area contributed by atoms with E-state index in [4.69, 9.17) is 35.3 Å². The highest BCUT2D eigenvalue weighted by atomic mass is 35.5. The van der Waals surface area contributed by atoms with Crippen LogP contribution < -0.4 is 9.64 Å². The predicted molar refractivity (Wildman–Crippen MR) is 259 cm³/mol. The fourth-order valence-electron chi connectivity index (χ4n) is 14.7. The Morgan fingerprint density at radius 2 is 1.80 bits per heavy atom. The molecule has 364 valence electrons. The first-order valence-corrected chi connectivity index (χ1v) is 25.5. The molecule has 16 heteroatoms. The number of halogens is 1. The number of hydrogen-bond donors (Lipinski definition) is 2. The SMILES string of the molecule is CC[C@]1(O)C[C@H]2CN(CCc3c([nH]c4ccc(SCc5ccccc5Cl)cc34)[C@@](C(=O)OC)(c3cc4c(cc3OC)N(C=O)[C@@]35O[C@]3(C(=O)OC)[C@H](OC(C)=O)[C@]3(CC)C=CCN6CC[C@]45[C@@H]63)C2)C1. The molecule has 0 radical (unpaired) electrons. The molecule has 1 aliphatic carbocycles. The van der Waals surface area contributed by atoms with Crippen molar-refractivity contribution in [2.75, 3.05) is 59.0 Å². The van der Waals surface area contributed by atoms with E-state index in [0.717, 1.165) is 26.9 Å². The molecule has 7 aliphatic rings. The van der Waals surface area contributed by atoms with Crippen LogP contribution in [0.25, 0.3) is 10.9 Å². The summed E-state index contributed by atoms with van der Waals surface area (Å²) in [5.74, 6) is -1.02. The standard InChI is InChI=1S/C53H59ClN4O10S/c1-7-48(63)25-32-26-50(46(61)65-5,43-35(16-20-56(27-32)29-48)36-22-34(14-15-40(36)55-43)69-28-33-12-9-10-13-39(33)54)38-23-37-41(24-42(38)64-4)58(30-59)53-51(37)18-21-57-19-11-17-49(8-2,44(51)57)45(67-31(3)60)52(53,68-53)47(62)66-6/h9-15,17,22-24,30,32,44-45,55,63H,7-8,16,18-21,25-29H2,1-6H3/t32-,44+,45-,48+,49-,50+,51-,52+,53+/m1/s1. The van der Waals surface area contributed by atoms with E-state index in [1.54, 1.807) is 24.9 Å². The van der Waals surface area contributed by atoms with Crippen LogP contribution in [0.5, 0.6) is 5.75 Å². The Morgan fingerprint density at radius 3 is 2.51 bits per heavy atom. The van der Waals surface area contributed by atoms with Gasteiger partial charge in [-0.05, 0) is 98.0 Å². The summed E-state index contributed by atoms with van der Waals surface area (Å²) in [6.07, 6.45) is 6.43. The minimum absolute atomic E-state index is 0.174. The van der Waals surface area contributed by atoms with Gasteiger partial charge in [0.1, 0.15) is 11.2 Å². The van der Waals surface area contributed by atoms with Gasteiger partial charge in [0, 0.05) is 88.5 Å². The number of aromatic amines is 1. The molecule has 2 bridgehead atoms. The number of H-pyrrole nitrogens is 1. The Morgan fingerprint density at radius 1 is 1.00 bits per heavy atom. The van der Waals surface area contributed by atoms with Crippen LogP contribution in [0, 0.1) is 11.3 Å². The molecule has 3 saturated heterocycles. The zero-order valence-corrected chi connectivity index (χ0v) is 41.5. The zero-order valence-electron chi connectivity index (χ0n) is 39.9. The smallest absolute Gasteiger partial charge is 0.347 e. The molecule has 69 heavy (non-hydrogen) atoms. The number of aliphatic hydroxyl groups is 1. The number of benzene rings is 3. The summed E-state index contributed by atoms with van der Waals surface area (Å²) in [4.78, 5) is 68.6. The van der Waals surface area contributed by atoms with E-state index in [-0.39, 0.29) is 12.3 Å². The summed E-state index contributed by atoms with van der Waals surface area (Å²) in [5, 5.41) is 13.9. The van der Waals surface area contributed by atoms with Crippen LogP contribution in [0.15, 0.2) is 71.6 Å². The summed E-state index contributed by atoms with van der Waals surface area (Å²) >= 11 is 8.28. The van der Waals surface area contributed by atoms with E-state index in [2.05, 4.69) is 45.1 Å². The highest BCUT2D eigenvalue weighted by molar-refractivity contribution is 7.98. The third-order valence-corrected chi connectivity index (χ3v) is 18.7. The molecule has 14 nitrogen and oxygen atoms in total. The van der Waals surface area contributed by atoms with Crippen molar-refractivity contribution >= 4 is 64.3 Å². The normalized spacial score (nSPS) is 34.8. The van der Waals surface area contributed by atoms with Gasteiger partial charge in [0.05, 0.1) is 38.0 Å². The average molecular weight is 980 g/mol. The maximum absolute atomic E-state index is 15.7. The van der Waals surface area contributed by atoms with E-state index < -0.39 is 63.2 Å². The lowest BCUT2D eigenvalue weighted by Crippen LogP contribution is -2.75. The van der Waals surface area contributed by atoms with Gasteiger partial charge in [0.15, 0.2) is 6.10 Å². The van der Waals surface area contributed by atoms with Crippen LogP contribution in [0.4, 0.5) is 5.69 Å². The van der Waals surface area contributed by atoms with Crippen molar-refractivity contribution in [3.63, 3.8) is 0 Å². The van der Waals surface area contributed by atoms with Crippen molar-refractivity contribution < 1.29 is 48.0 Å². The minimum atomic E-state index is -1.91. The number of fused-ring (bicyclic) bond motifs is 6. The van der Waals surface area contributed by atoms with E-state index in [0.29, 0.717) is 110 Å². The molecule has 4 fully saturated rings. The van der Waals surface area contributed by atoms with Crippen LogP contribution in [-0.4, -0.2) is 127 Å². The molecule has 7 heterocycles. The minimum Gasteiger partial charge on any atom is -0.496 e. The van der Waals surface area contributed by atoms with Gasteiger partial charge in [0.25, 0.3) is 5.60 Å². The highest BCUT2D eigenvalue weighted by Gasteiger charge is 2.99. The number of anilines is 1. The molecular weight excluding hydrogens is 920 g/mol. The Kier molecular flexibility index (Phi) is 11.0. The number of aromatic nitrogens is 1. The summed E-state index contributed by atoms with van der Waals surface area (Å²) in [6.45, 7) is 8.33. The van der Waals surface area contributed by atoms with Crippen molar-refractivity contribution in [3.05, 3.63) is 99.7 Å². The quantitative estimate of drug-likeness (QED) is 0.0402. The van der Waals surface area contributed by atoms with E-state index >= 15 is 4.79 Å². The lowest BCUT2D eigenvalue weighted by atomic mass is 9.49. The van der Waals surface area contributed by atoms with Gasteiger partial charge in [-0.3, -0.25) is 29.1 Å². The summed E-state index contributed by atoms with van der Waals surface area (Å²) < 4.78 is 31.4. The fraction of sp³-hybridized carbons (Fsp3) is 0.509. The van der Waals surface area contributed by atoms with Gasteiger partial charge in [-0.2, -0.15) is 0 Å². The molecule has 3 aromatic carbocycles. The number of amides is 1. The molecule has 10 atom stereocenters. The van der Waals surface area contributed by atoms with Crippen molar-refractivity contribution in [2.24, 2.45) is 11.3 Å². The highest BCUT2D eigenvalue weighted by Crippen LogP contribution is 2.80. The van der Waals surface area contributed by atoms with Gasteiger partial charge in [-0.1, -0.05) is 55.8 Å². The number of ether oxygens (including phenoxy) is 5. The lowest BCUT2D eigenvalue weighted by Gasteiger charge is -2.58. The predicted octanol–water partition coefficient (Wildman–Crippen LogP) is 6.83. The Bertz CT molecular complexity index is 2860. The molecule has 6 aliphatic heterocycles. The van der Waals surface area contributed by atoms with Crippen LogP contribution >= 0.6 is 23.4 Å². The summed E-state index contributed by atoms with van der Waals surface area (Å²) in [6, 6.07) is 17.6.